The zero-order valence-electron chi connectivity index (χ0n) is 9.01. The normalized spacial score (nSPS) is 10.1. The molecule has 0 spiro atoms. The maximum atomic E-state index is 11.5. The maximum absolute atomic E-state index is 11.5. The number of hydrogen-bond acceptors (Lipinski definition) is 2. The summed E-state index contributed by atoms with van der Waals surface area (Å²) in [5, 5.41) is 0. The van der Waals surface area contributed by atoms with Crippen molar-refractivity contribution in [2.75, 3.05) is 26.8 Å². The molecule has 0 aromatic rings. The van der Waals surface area contributed by atoms with Gasteiger partial charge < -0.3 is 9.64 Å². The average molecular weight is 187 g/mol. The summed E-state index contributed by atoms with van der Waals surface area (Å²) in [4.78, 5) is 13.4. The third kappa shape index (κ3) is 5.64. The van der Waals surface area contributed by atoms with E-state index >= 15 is 0 Å². The lowest BCUT2D eigenvalue weighted by Gasteiger charge is -2.20. The molecule has 0 radical (unpaired) electrons. The Morgan fingerprint density at radius 1 is 1.38 bits per heavy atom. The van der Waals surface area contributed by atoms with Gasteiger partial charge >= 0.3 is 0 Å². The van der Waals surface area contributed by atoms with Crippen LogP contribution in [0.5, 0.6) is 0 Å². The van der Waals surface area contributed by atoms with Crippen LogP contribution in [0.25, 0.3) is 0 Å². The van der Waals surface area contributed by atoms with Crippen LogP contribution in [0.15, 0.2) is 0 Å². The molecule has 3 heteroatoms. The Bertz CT molecular complexity index is 137. The average Bonchev–Trinajstić information content (AvgIpc) is 2.16. The molecule has 13 heavy (non-hydrogen) atoms. The van der Waals surface area contributed by atoms with Gasteiger partial charge in [0, 0.05) is 26.6 Å². The van der Waals surface area contributed by atoms with E-state index in [1.54, 1.807) is 7.11 Å². The number of amides is 1. The number of methoxy groups -OCH3 is 1. The number of hydrogen-bond donors (Lipinski definition) is 0. The summed E-state index contributed by atoms with van der Waals surface area (Å²) < 4.78 is 4.93. The van der Waals surface area contributed by atoms with E-state index < -0.39 is 0 Å². The number of carbonyl (C=O) groups is 1. The van der Waals surface area contributed by atoms with Crippen LogP contribution in [-0.2, 0) is 9.53 Å². The van der Waals surface area contributed by atoms with Gasteiger partial charge in [-0.15, -0.1) is 0 Å². The number of rotatable bonds is 7. The predicted octanol–water partition coefficient (Wildman–Crippen LogP) is 1.67. The van der Waals surface area contributed by atoms with Crippen molar-refractivity contribution in [1.29, 1.82) is 0 Å². The number of unbranched alkanes of at least 4 members (excludes halogenated alkanes) is 1. The van der Waals surface area contributed by atoms with Crippen LogP contribution in [0.3, 0.4) is 0 Å². The van der Waals surface area contributed by atoms with E-state index in [1.807, 2.05) is 11.8 Å². The topological polar surface area (TPSA) is 29.5 Å². The summed E-state index contributed by atoms with van der Waals surface area (Å²) in [5.41, 5.74) is 0. The molecule has 3 nitrogen and oxygen atoms in total. The Balaban J connectivity index is 3.71. The first-order valence-corrected chi connectivity index (χ1v) is 5.02. The Hall–Kier alpha value is -0.570. The summed E-state index contributed by atoms with van der Waals surface area (Å²) in [6, 6.07) is 0. The van der Waals surface area contributed by atoms with Gasteiger partial charge in [0.05, 0.1) is 6.61 Å². The van der Waals surface area contributed by atoms with Crippen LogP contribution in [0.4, 0.5) is 0 Å². The molecule has 0 atom stereocenters. The van der Waals surface area contributed by atoms with E-state index in [0.717, 1.165) is 25.9 Å². The monoisotopic (exact) mass is 187 g/mol. The molecule has 0 aliphatic heterocycles. The Morgan fingerprint density at radius 3 is 2.54 bits per heavy atom. The van der Waals surface area contributed by atoms with Gasteiger partial charge in [-0.05, 0) is 13.3 Å². The molecular formula is C10H21NO2. The summed E-state index contributed by atoms with van der Waals surface area (Å²) in [6.45, 7) is 6.23. The summed E-state index contributed by atoms with van der Waals surface area (Å²) in [6.07, 6.45) is 2.74. The SMILES string of the molecule is CCCCC(=O)N(CC)CCOC. The molecule has 0 aromatic carbocycles. The van der Waals surface area contributed by atoms with Gasteiger partial charge in [0.25, 0.3) is 0 Å². The van der Waals surface area contributed by atoms with E-state index in [1.165, 1.54) is 0 Å². The number of ether oxygens (including phenoxy) is 1. The highest BCUT2D eigenvalue weighted by molar-refractivity contribution is 5.76. The first-order chi connectivity index (χ1) is 6.26. The van der Waals surface area contributed by atoms with Crippen molar-refractivity contribution in [2.24, 2.45) is 0 Å². The Morgan fingerprint density at radius 2 is 2.08 bits per heavy atom. The number of carbonyl (C=O) groups excluding carboxylic acids is 1. The van der Waals surface area contributed by atoms with Crippen molar-refractivity contribution in [3.63, 3.8) is 0 Å². The minimum atomic E-state index is 0.251. The van der Waals surface area contributed by atoms with Gasteiger partial charge in [-0.2, -0.15) is 0 Å². The van der Waals surface area contributed by atoms with Crippen molar-refractivity contribution in [2.45, 2.75) is 33.1 Å². The summed E-state index contributed by atoms with van der Waals surface area (Å²) in [5.74, 6) is 0.251. The smallest absolute Gasteiger partial charge is 0.222 e. The summed E-state index contributed by atoms with van der Waals surface area (Å²) >= 11 is 0. The van der Waals surface area contributed by atoms with Crippen LogP contribution in [0, 0.1) is 0 Å². The van der Waals surface area contributed by atoms with Gasteiger partial charge in [0.1, 0.15) is 0 Å². The molecule has 78 valence electrons. The molecule has 0 heterocycles. The van der Waals surface area contributed by atoms with E-state index in [9.17, 15) is 4.79 Å². The Labute approximate surface area is 81.1 Å². The van der Waals surface area contributed by atoms with Crippen molar-refractivity contribution >= 4 is 5.91 Å². The first kappa shape index (κ1) is 12.4. The predicted molar refractivity (Wildman–Crippen MR) is 53.7 cm³/mol. The van der Waals surface area contributed by atoms with Gasteiger partial charge in [-0.25, -0.2) is 0 Å². The van der Waals surface area contributed by atoms with E-state index in [0.29, 0.717) is 13.0 Å². The molecule has 1 amide bonds. The molecule has 0 saturated carbocycles. The van der Waals surface area contributed by atoms with Crippen molar-refractivity contribution in [1.82, 2.24) is 4.90 Å². The molecule has 0 fully saturated rings. The standard InChI is InChI=1S/C10H21NO2/c1-4-6-7-10(12)11(5-2)8-9-13-3/h4-9H2,1-3H3. The highest BCUT2D eigenvalue weighted by Crippen LogP contribution is 2.00. The molecule has 0 saturated heterocycles. The third-order valence-electron chi connectivity index (χ3n) is 2.04. The fourth-order valence-corrected chi connectivity index (χ4v) is 1.15. The lowest BCUT2D eigenvalue weighted by atomic mass is 10.2. The highest BCUT2D eigenvalue weighted by Gasteiger charge is 2.09. The van der Waals surface area contributed by atoms with E-state index in [-0.39, 0.29) is 5.91 Å². The number of likely N-dealkylation sites (N-methyl/N-ethyl adjacent to an activating group) is 1. The molecular weight excluding hydrogens is 166 g/mol. The van der Waals surface area contributed by atoms with Crippen molar-refractivity contribution in [3.05, 3.63) is 0 Å². The van der Waals surface area contributed by atoms with Crippen LogP contribution in [-0.4, -0.2) is 37.6 Å². The van der Waals surface area contributed by atoms with Gasteiger partial charge in [0.15, 0.2) is 0 Å². The van der Waals surface area contributed by atoms with Gasteiger partial charge in [-0.1, -0.05) is 13.3 Å². The quantitative estimate of drug-likeness (QED) is 0.607. The Kier molecular flexibility index (Phi) is 7.69. The van der Waals surface area contributed by atoms with E-state index in [4.69, 9.17) is 4.74 Å². The molecule has 0 bridgehead atoms. The minimum Gasteiger partial charge on any atom is -0.383 e. The molecule has 0 unspecified atom stereocenters. The van der Waals surface area contributed by atoms with Crippen molar-refractivity contribution < 1.29 is 9.53 Å². The summed E-state index contributed by atoms with van der Waals surface area (Å²) in [7, 11) is 1.66. The van der Waals surface area contributed by atoms with Crippen LogP contribution in [0.2, 0.25) is 0 Å². The lowest BCUT2D eigenvalue weighted by molar-refractivity contribution is -0.131. The molecule has 0 aliphatic carbocycles. The zero-order valence-corrected chi connectivity index (χ0v) is 9.01. The lowest BCUT2D eigenvalue weighted by Crippen LogP contribution is -2.33. The molecule has 0 rings (SSSR count). The molecule has 0 aliphatic rings. The molecule has 0 aromatic heterocycles. The van der Waals surface area contributed by atoms with Gasteiger partial charge in [-0.3, -0.25) is 4.79 Å². The van der Waals surface area contributed by atoms with Crippen LogP contribution >= 0.6 is 0 Å². The largest absolute Gasteiger partial charge is 0.383 e. The maximum Gasteiger partial charge on any atom is 0.222 e. The minimum absolute atomic E-state index is 0.251. The fourth-order valence-electron chi connectivity index (χ4n) is 1.15. The number of nitrogens with zero attached hydrogens (tertiary/aromatic N) is 1. The fraction of sp³-hybridized carbons (Fsp3) is 0.900. The van der Waals surface area contributed by atoms with E-state index in [2.05, 4.69) is 6.92 Å². The second-order valence-corrected chi connectivity index (χ2v) is 3.07. The van der Waals surface area contributed by atoms with Crippen LogP contribution < -0.4 is 0 Å². The highest BCUT2D eigenvalue weighted by atomic mass is 16.5. The van der Waals surface area contributed by atoms with Gasteiger partial charge in [0.2, 0.25) is 5.91 Å². The third-order valence-corrected chi connectivity index (χ3v) is 2.04. The van der Waals surface area contributed by atoms with Crippen LogP contribution in [0.1, 0.15) is 33.1 Å². The van der Waals surface area contributed by atoms with Crippen molar-refractivity contribution in [3.8, 4) is 0 Å². The second kappa shape index (κ2) is 8.05. The molecule has 0 N–H and O–H groups in total. The first-order valence-electron chi connectivity index (χ1n) is 5.02. The zero-order chi connectivity index (χ0) is 10.1. The second-order valence-electron chi connectivity index (χ2n) is 3.07.